The van der Waals surface area contributed by atoms with E-state index in [-0.39, 0.29) is 0 Å². The topological polar surface area (TPSA) is 24.1 Å². The van der Waals surface area contributed by atoms with Gasteiger partial charge in [0, 0.05) is 41.6 Å². The van der Waals surface area contributed by atoms with Gasteiger partial charge in [-0.1, -0.05) is 0 Å². The molecule has 0 aromatic rings. The predicted octanol–water partition coefficient (Wildman–Crippen LogP) is 1.18. The summed E-state index contributed by atoms with van der Waals surface area (Å²) in [5.74, 6) is 4.04. The fourth-order valence-electron chi connectivity index (χ4n) is 2.00. The molecule has 0 aromatic heterocycles. The van der Waals surface area contributed by atoms with Crippen LogP contribution in [-0.2, 0) is 0 Å². The highest BCUT2D eigenvalue weighted by Crippen LogP contribution is 2.23. The molecule has 2 aliphatic rings. The van der Waals surface area contributed by atoms with Crippen molar-refractivity contribution in [3.63, 3.8) is 0 Å². The van der Waals surface area contributed by atoms with Crippen LogP contribution in [0.2, 0.25) is 0 Å². The first-order valence-corrected chi connectivity index (χ1v) is 7.79. The van der Waals surface area contributed by atoms with Crippen molar-refractivity contribution in [3.05, 3.63) is 0 Å². The fraction of sp³-hybridized carbons (Fsp3) is 1.00. The largest absolute Gasteiger partial charge is 0.314 e. The van der Waals surface area contributed by atoms with Crippen molar-refractivity contribution in [2.45, 2.75) is 24.1 Å². The Morgan fingerprint density at radius 1 is 1.29 bits per heavy atom. The zero-order valence-electron chi connectivity index (χ0n) is 8.63. The summed E-state index contributed by atoms with van der Waals surface area (Å²) in [5.41, 5.74) is 0. The number of hydrogen-bond acceptors (Lipinski definition) is 4. The monoisotopic (exact) mass is 232 g/mol. The number of hydrogen-bond donors (Lipinski definition) is 2. The van der Waals surface area contributed by atoms with E-state index in [9.17, 15) is 0 Å². The summed E-state index contributed by atoms with van der Waals surface area (Å²) in [6.45, 7) is 3.60. The van der Waals surface area contributed by atoms with Crippen LogP contribution in [0.25, 0.3) is 0 Å². The van der Waals surface area contributed by atoms with E-state index >= 15 is 0 Å². The van der Waals surface area contributed by atoms with E-state index in [2.05, 4.69) is 34.2 Å². The molecular formula is C10H20N2S2. The van der Waals surface area contributed by atoms with E-state index in [4.69, 9.17) is 0 Å². The number of nitrogens with one attached hydrogen (secondary N) is 2. The molecule has 0 bridgehead atoms. The summed E-state index contributed by atoms with van der Waals surface area (Å²) in [6.07, 6.45) is 2.72. The highest BCUT2D eigenvalue weighted by atomic mass is 32.2. The molecular weight excluding hydrogens is 212 g/mol. The highest BCUT2D eigenvalue weighted by molar-refractivity contribution is 8.06. The molecule has 0 spiro atoms. The SMILES string of the molecule is C1CNC(CNCC2CSCCS2)C1. The van der Waals surface area contributed by atoms with Crippen LogP contribution in [0.15, 0.2) is 0 Å². The van der Waals surface area contributed by atoms with Crippen LogP contribution in [-0.4, -0.2) is 48.2 Å². The molecule has 2 rings (SSSR count). The first-order valence-electron chi connectivity index (χ1n) is 5.58. The molecule has 2 saturated heterocycles. The third-order valence-electron chi connectivity index (χ3n) is 2.81. The molecule has 2 atom stereocenters. The first-order chi connectivity index (χ1) is 6.95. The molecule has 4 heteroatoms. The molecule has 82 valence electrons. The molecule has 14 heavy (non-hydrogen) atoms. The lowest BCUT2D eigenvalue weighted by Gasteiger charge is -2.22. The maximum absolute atomic E-state index is 3.60. The minimum atomic E-state index is 0.747. The molecule has 2 unspecified atom stereocenters. The Morgan fingerprint density at radius 3 is 3.00 bits per heavy atom. The lowest BCUT2D eigenvalue weighted by atomic mass is 10.2. The lowest BCUT2D eigenvalue weighted by molar-refractivity contribution is 0.538. The zero-order valence-corrected chi connectivity index (χ0v) is 10.3. The maximum atomic E-state index is 3.60. The Labute approximate surface area is 95.4 Å². The minimum absolute atomic E-state index is 0.747. The third-order valence-corrected chi connectivity index (χ3v) is 5.65. The molecule has 0 saturated carbocycles. The molecule has 0 radical (unpaired) electrons. The van der Waals surface area contributed by atoms with E-state index < -0.39 is 0 Å². The van der Waals surface area contributed by atoms with Crippen LogP contribution in [0, 0.1) is 0 Å². The lowest BCUT2D eigenvalue weighted by Crippen LogP contribution is -2.38. The normalized spacial score (nSPS) is 33.4. The Hall–Kier alpha value is 0.620. The van der Waals surface area contributed by atoms with Crippen molar-refractivity contribution in [1.29, 1.82) is 0 Å². The Bertz CT molecular complexity index is 154. The van der Waals surface area contributed by atoms with Gasteiger partial charge in [-0.2, -0.15) is 23.5 Å². The van der Waals surface area contributed by atoms with Crippen molar-refractivity contribution in [1.82, 2.24) is 10.6 Å². The van der Waals surface area contributed by atoms with Crippen LogP contribution in [0.5, 0.6) is 0 Å². The van der Waals surface area contributed by atoms with E-state index in [1.807, 2.05) is 0 Å². The van der Waals surface area contributed by atoms with Crippen molar-refractivity contribution >= 4 is 23.5 Å². The molecule has 2 heterocycles. The molecule has 0 amide bonds. The number of thioether (sulfide) groups is 2. The quantitative estimate of drug-likeness (QED) is 0.760. The van der Waals surface area contributed by atoms with Gasteiger partial charge in [0.25, 0.3) is 0 Å². The van der Waals surface area contributed by atoms with Crippen LogP contribution < -0.4 is 10.6 Å². The molecule has 0 aliphatic carbocycles. The molecule has 2 N–H and O–H groups in total. The van der Waals surface area contributed by atoms with Gasteiger partial charge in [0.05, 0.1) is 0 Å². The molecule has 2 nitrogen and oxygen atoms in total. The smallest absolute Gasteiger partial charge is 0.0263 e. The first kappa shape index (κ1) is 11.1. The van der Waals surface area contributed by atoms with E-state index in [1.54, 1.807) is 0 Å². The van der Waals surface area contributed by atoms with Gasteiger partial charge in [0.15, 0.2) is 0 Å². The van der Waals surface area contributed by atoms with Gasteiger partial charge in [-0.25, -0.2) is 0 Å². The van der Waals surface area contributed by atoms with Crippen molar-refractivity contribution in [2.24, 2.45) is 0 Å². The van der Waals surface area contributed by atoms with Gasteiger partial charge >= 0.3 is 0 Å². The van der Waals surface area contributed by atoms with Gasteiger partial charge < -0.3 is 10.6 Å². The van der Waals surface area contributed by atoms with Gasteiger partial charge in [-0.05, 0) is 19.4 Å². The molecule has 0 aromatic carbocycles. The standard InChI is InChI=1S/C10H20N2S2/c1-2-9(12-3-1)6-11-7-10-8-13-4-5-14-10/h9-12H,1-8H2. The summed E-state index contributed by atoms with van der Waals surface area (Å²) in [4.78, 5) is 0. The highest BCUT2D eigenvalue weighted by Gasteiger charge is 2.16. The summed E-state index contributed by atoms with van der Waals surface area (Å²) in [7, 11) is 0. The average molecular weight is 232 g/mol. The van der Waals surface area contributed by atoms with Crippen LogP contribution >= 0.6 is 23.5 Å². The van der Waals surface area contributed by atoms with E-state index in [0.29, 0.717) is 0 Å². The Kier molecular flexibility index (Phi) is 4.97. The van der Waals surface area contributed by atoms with Gasteiger partial charge in [0.1, 0.15) is 0 Å². The van der Waals surface area contributed by atoms with Gasteiger partial charge in [-0.15, -0.1) is 0 Å². The predicted molar refractivity (Wildman–Crippen MR) is 67.5 cm³/mol. The summed E-state index contributed by atoms with van der Waals surface area (Å²) >= 11 is 4.25. The van der Waals surface area contributed by atoms with Crippen LogP contribution in [0.3, 0.4) is 0 Å². The van der Waals surface area contributed by atoms with Crippen molar-refractivity contribution in [2.75, 3.05) is 36.9 Å². The molecule has 2 fully saturated rings. The summed E-state index contributed by atoms with van der Waals surface area (Å²) in [6, 6.07) is 0.747. The van der Waals surface area contributed by atoms with Crippen molar-refractivity contribution < 1.29 is 0 Å². The second-order valence-corrected chi connectivity index (χ2v) is 6.58. The second-order valence-electron chi connectivity index (χ2n) is 4.02. The van der Waals surface area contributed by atoms with Gasteiger partial charge in [-0.3, -0.25) is 0 Å². The van der Waals surface area contributed by atoms with Crippen LogP contribution in [0.1, 0.15) is 12.8 Å². The maximum Gasteiger partial charge on any atom is 0.0263 e. The third kappa shape index (κ3) is 3.65. The average Bonchev–Trinajstić information content (AvgIpc) is 2.72. The Balaban J connectivity index is 1.52. The number of rotatable bonds is 4. The van der Waals surface area contributed by atoms with E-state index in [0.717, 1.165) is 11.3 Å². The minimum Gasteiger partial charge on any atom is -0.314 e. The summed E-state index contributed by atoms with van der Waals surface area (Å²) in [5, 5.41) is 7.98. The summed E-state index contributed by atoms with van der Waals surface area (Å²) < 4.78 is 0. The second kappa shape index (κ2) is 6.26. The van der Waals surface area contributed by atoms with Crippen molar-refractivity contribution in [3.8, 4) is 0 Å². The zero-order chi connectivity index (χ0) is 9.64. The van der Waals surface area contributed by atoms with E-state index in [1.165, 1.54) is 49.7 Å². The Morgan fingerprint density at radius 2 is 2.29 bits per heavy atom. The molecule has 2 aliphatic heterocycles. The van der Waals surface area contributed by atoms with Crippen LogP contribution in [0.4, 0.5) is 0 Å². The van der Waals surface area contributed by atoms with Gasteiger partial charge in [0.2, 0.25) is 0 Å². The fourth-order valence-corrected chi connectivity index (χ4v) is 4.65.